The van der Waals surface area contributed by atoms with E-state index in [2.05, 4.69) is 67.8 Å². The standard InChI is InChI=1S/C68H125NO5/c1-3-5-7-9-11-13-15-17-19-21-22-23-24-26-29-32-36-40-44-48-52-56-60-66(71)65(64-70)69-67(72)61-57-53-49-45-41-37-33-30-27-25-28-31-35-39-43-47-51-55-59-63-74-68(73)62-58-54-50-46-42-38-34-20-18-16-14-12-10-8-6-4-2/h14,16,20,31,34-35,39,43,56,60,65-66,70-71H,3-13,15,17-19,21-30,32-33,36-38,40-42,44-55,57-59,61-64H2,1-2H3,(H,69,72)/b16-14-,34-20-,35-31-,43-39-,60-56+. The summed E-state index contributed by atoms with van der Waals surface area (Å²) in [6.07, 6.45) is 82.7. The Kier molecular flexibility index (Phi) is 61.0. The van der Waals surface area contributed by atoms with Crippen LogP contribution in [0.15, 0.2) is 60.8 Å². The topological polar surface area (TPSA) is 95.9 Å². The fourth-order valence-corrected chi connectivity index (χ4v) is 9.77. The summed E-state index contributed by atoms with van der Waals surface area (Å²) < 4.78 is 5.45. The molecule has 0 aliphatic rings. The van der Waals surface area contributed by atoms with E-state index >= 15 is 0 Å². The molecule has 432 valence electrons. The maximum Gasteiger partial charge on any atom is 0.305 e. The van der Waals surface area contributed by atoms with Crippen molar-refractivity contribution >= 4 is 11.9 Å². The molecule has 3 N–H and O–H groups in total. The van der Waals surface area contributed by atoms with Crippen LogP contribution in [0.1, 0.15) is 335 Å². The second-order valence-electron chi connectivity index (χ2n) is 22.1. The monoisotopic (exact) mass is 1040 g/mol. The first-order valence-electron chi connectivity index (χ1n) is 32.6. The lowest BCUT2D eigenvalue weighted by Gasteiger charge is -2.20. The van der Waals surface area contributed by atoms with E-state index < -0.39 is 12.1 Å². The van der Waals surface area contributed by atoms with Crippen LogP contribution >= 0.6 is 0 Å². The third-order valence-corrected chi connectivity index (χ3v) is 14.8. The number of carbonyl (C=O) groups is 2. The van der Waals surface area contributed by atoms with Gasteiger partial charge in [0.2, 0.25) is 5.91 Å². The zero-order chi connectivity index (χ0) is 53.6. The van der Waals surface area contributed by atoms with Crippen molar-refractivity contribution in [3.05, 3.63) is 60.8 Å². The Morgan fingerprint density at radius 2 is 0.716 bits per heavy atom. The lowest BCUT2D eigenvalue weighted by Crippen LogP contribution is -2.45. The second-order valence-corrected chi connectivity index (χ2v) is 22.1. The number of esters is 1. The summed E-state index contributed by atoms with van der Waals surface area (Å²) in [4.78, 5) is 24.6. The van der Waals surface area contributed by atoms with Gasteiger partial charge in [-0.1, -0.05) is 286 Å². The van der Waals surface area contributed by atoms with Crippen LogP contribution < -0.4 is 5.32 Å². The van der Waals surface area contributed by atoms with Crippen LogP contribution in [-0.4, -0.2) is 47.4 Å². The summed E-state index contributed by atoms with van der Waals surface area (Å²) in [6.45, 7) is 4.85. The maximum absolute atomic E-state index is 12.5. The van der Waals surface area contributed by atoms with Gasteiger partial charge in [-0.2, -0.15) is 0 Å². The van der Waals surface area contributed by atoms with Crippen molar-refractivity contribution in [1.82, 2.24) is 5.32 Å². The molecule has 0 aliphatic carbocycles. The summed E-state index contributed by atoms with van der Waals surface area (Å²) in [5, 5.41) is 23.2. The quantitative estimate of drug-likeness (QED) is 0.0244. The van der Waals surface area contributed by atoms with E-state index in [-0.39, 0.29) is 18.5 Å². The lowest BCUT2D eigenvalue weighted by molar-refractivity contribution is -0.143. The van der Waals surface area contributed by atoms with Crippen LogP contribution in [0.2, 0.25) is 0 Å². The number of hydrogen-bond donors (Lipinski definition) is 3. The van der Waals surface area contributed by atoms with E-state index in [9.17, 15) is 19.8 Å². The van der Waals surface area contributed by atoms with E-state index in [0.717, 1.165) is 89.9 Å². The first kappa shape index (κ1) is 71.6. The molecule has 0 rings (SSSR count). The van der Waals surface area contributed by atoms with E-state index in [4.69, 9.17) is 4.74 Å². The average Bonchev–Trinajstić information content (AvgIpc) is 3.40. The summed E-state index contributed by atoms with van der Waals surface area (Å²) in [6, 6.07) is -0.639. The largest absolute Gasteiger partial charge is 0.466 e. The van der Waals surface area contributed by atoms with Gasteiger partial charge < -0.3 is 20.3 Å². The van der Waals surface area contributed by atoms with E-state index in [1.165, 1.54) is 218 Å². The molecule has 0 aromatic carbocycles. The molecular formula is C68H125NO5. The van der Waals surface area contributed by atoms with Crippen molar-refractivity contribution in [2.24, 2.45) is 0 Å². The van der Waals surface area contributed by atoms with Crippen LogP contribution in [-0.2, 0) is 14.3 Å². The van der Waals surface area contributed by atoms with Gasteiger partial charge in [-0.3, -0.25) is 9.59 Å². The van der Waals surface area contributed by atoms with Gasteiger partial charge in [-0.15, -0.1) is 0 Å². The fourth-order valence-electron chi connectivity index (χ4n) is 9.77. The molecule has 0 heterocycles. The number of hydrogen-bond acceptors (Lipinski definition) is 5. The molecule has 0 aliphatic heterocycles. The Morgan fingerprint density at radius 3 is 1.12 bits per heavy atom. The maximum atomic E-state index is 12.5. The third-order valence-electron chi connectivity index (χ3n) is 14.8. The Balaban J connectivity index is 3.52. The zero-order valence-corrected chi connectivity index (χ0v) is 49.3. The molecular weight excluding hydrogens is 911 g/mol. The van der Waals surface area contributed by atoms with Crippen molar-refractivity contribution in [3.63, 3.8) is 0 Å². The molecule has 74 heavy (non-hydrogen) atoms. The molecule has 0 aromatic rings. The Morgan fingerprint density at radius 1 is 0.392 bits per heavy atom. The summed E-state index contributed by atoms with van der Waals surface area (Å²) >= 11 is 0. The molecule has 0 aromatic heterocycles. The highest BCUT2D eigenvalue weighted by atomic mass is 16.5. The SMILES string of the molecule is CCCCCC/C=C\C/C=C\CCCCCCCC(=O)OCCCCC/C=C\C=C/CCCCCCCCCCCCC(=O)NC(CO)C(O)/C=C/CCCCCCCCCCCCCCCCCCCCCC. The fraction of sp³-hybridized carbons (Fsp3) is 0.824. The predicted molar refractivity (Wildman–Crippen MR) is 324 cm³/mol. The summed E-state index contributed by atoms with van der Waals surface area (Å²) in [5.41, 5.74) is 0. The lowest BCUT2D eigenvalue weighted by atomic mass is 10.0. The predicted octanol–water partition coefficient (Wildman–Crippen LogP) is 20.7. The normalized spacial score (nSPS) is 13.0. The van der Waals surface area contributed by atoms with Crippen LogP contribution in [0.4, 0.5) is 0 Å². The van der Waals surface area contributed by atoms with E-state index in [1.54, 1.807) is 6.08 Å². The minimum absolute atomic E-state index is 0.0278. The minimum Gasteiger partial charge on any atom is -0.466 e. The van der Waals surface area contributed by atoms with Gasteiger partial charge in [-0.25, -0.2) is 0 Å². The van der Waals surface area contributed by atoms with E-state index in [1.807, 2.05) is 6.08 Å². The number of aliphatic hydroxyl groups is 2. The molecule has 0 saturated heterocycles. The number of aliphatic hydroxyl groups excluding tert-OH is 2. The summed E-state index contributed by atoms with van der Waals surface area (Å²) in [5.74, 6) is -0.104. The molecule has 6 nitrogen and oxygen atoms in total. The summed E-state index contributed by atoms with van der Waals surface area (Å²) in [7, 11) is 0. The number of unbranched alkanes of at least 4 members (excludes halogenated alkanes) is 42. The van der Waals surface area contributed by atoms with Gasteiger partial charge in [0.25, 0.3) is 0 Å². The van der Waals surface area contributed by atoms with Crippen molar-refractivity contribution in [2.45, 2.75) is 347 Å². The Bertz CT molecular complexity index is 1290. The molecule has 6 heteroatoms. The number of rotatable bonds is 60. The van der Waals surface area contributed by atoms with Gasteiger partial charge in [-0.05, 0) is 96.3 Å². The van der Waals surface area contributed by atoms with Crippen LogP contribution in [0.25, 0.3) is 0 Å². The Hall–Kier alpha value is -2.44. The molecule has 0 radical (unpaired) electrons. The molecule has 0 bridgehead atoms. The first-order valence-corrected chi connectivity index (χ1v) is 32.6. The molecule has 0 saturated carbocycles. The van der Waals surface area contributed by atoms with Crippen molar-refractivity contribution in [3.8, 4) is 0 Å². The molecule has 2 unspecified atom stereocenters. The van der Waals surface area contributed by atoms with Crippen LogP contribution in [0, 0.1) is 0 Å². The third kappa shape index (κ3) is 58.8. The number of carbonyl (C=O) groups excluding carboxylic acids is 2. The number of amides is 1. The van der Waals surface area contributed by atoms with Crippen molar-refractivity contribution < 1.29 is 24.5 Å². The number of ether oxygens (including phenoxy) is 1. The van der Waals surface area contributed by atoms with Gasteiger partial charge in [0.1, 0.15) is 0 Å². The highest BCUT2D eigenvalue weighted by Gasteiger charge is 2.18. The Labute approximate surface area is 460 Å². The van der Waals surface area contributed by atoms with Gasteiger partial charge in [0.05, 0.1) is 25.4 Å². The number of nitrogens with one attached hydrogen (secondary N) is 1. The molecule has 2 atom stereocenters. The van der Waals surface area contributed by atoms with Crippen molar-refractivity contribution in [1.29, 1.82) is 0 Å². The zero-order valence-electron chi connectivity index (χ0n) is 49.3. The van der Waals surface area contributed by atoms with Gasteiger partial charge in [0.15, 0.2) is 0 Å². The van der Waals surface area contributed by atoms with Crippen LogP contribution in [0.3, 0.4) is 0 Å². The van der Waals surface area contributed by atoms with Gasteiger partial charge in [0, 0.05) is 12.8 Å². The highest BCUT2D eigenvalue weighted by Crippen LogP contribution is 2.17. The molecule has 0 spiro atoms. The highest BCUT2D eigenvalue weighted by molar-refractivity contribution is 5.76. The number of allylic oxidation sites excluding steroid dienone is 9. The van der Waals surface area contributed by atoms with Gasteiger partial charge >= 0.3 is 5.97 Å². The smallest absolute Gasteiger partial charge is 0.305 e. The molecule has 0 fully saturated rings. The van der Waals surface area contributed by atoms with Crippen LogP contribution in [0.5, 0.6) is 0 Å². The average molecular weight is 1040 g/mol. The second kappa shape index (κ2) is 63.1. The molecule has 1 amide bonds. The van der Waals surface area contributed by atoms with E-state index in [0.29, 0.717) is 19.4 Å². The first-order chi connectivity index (χ1) is 36.5. The van der Waals surface area contributed by atoms with Crippen molar-refractivity contribution in [2.75, 3.05) is 13.2 Å². The minimum atomic E-state index is -0.854.